The van der Waals surface area contributed by atoms with Crippen LogP contribution < -0.4 is 5.73 Å². The Kier molecular flexibility index (Phi) is 6.13. The number of hydrogen-bond acceptors (Lipinski definition) is 6. The minimum atomic E-state index is -2.51. The van der Waals surface area contributed by atoms with Gasteiger partial charge in [-0.15, -0.1) is 11.3 Å². The highest BCUT2D eigenvalue weighted by molar-refractivity contribution is 7.16. The zero-order valence-electron chi connectivity index (χ0n) is 13.4. The maximum absolute atomic E-state index is 12.1. The summed E-state index contributed by atoms with van der Waals surface area (Å²) < 4.78 is 34.2. The molecule has 0 fully saturated rings. The number of thiophene rings is 1. The lowest BCUT2D eigenvalue weighted by atomic mass is 9.73. The predicted molar refractivity (Wildman–Crippen MR) is 86.2 cm³/mol. The first-order valence-corrected chi connectivity index (χ1v) is 8.58. The smallest absolute Gasteiger partial charge is 0.341 e. The van der Waals surface area contributed by atoms with Gasteiger partial charge in [-0.05, 0) is 31.7 Å². The van der Waals surface area contributed by atoms with Gasteiger partial charge in [0, 0.05) is 17.9 Å². The molecule has 0 saturated heterocycles. The van der Waals surface area contributed by atoms with Crippen LogP contribution in [0.3, 0.4) is 0 Å². The molecule has 132 valence electrons. The van der Waals surface area contributed by atoms with Crippen molar-refractivity contribution in [2.24, 2.45) is 5.41 Å². The third kappa shape index (κ3) is 4.02. The van der Waals surface area contributed by atoms with E-state index in [1.54, 1.807) is 6.92 Å². The number of carbonyl (C=O) groups is 1. The molecular formula is C16H20F2N2O3S. The van der Waals surface area contributed by atoms with Gasteiger partial charge in [0.2, 0.25) is 0 Å². The lowest BCUT2D eigenvalue weighted by Crippen LogP contribution is -2.29. The number of carbonyl (C=O) groups excluding carboxylic acids is 1. The van der Waals surface area contributed by atoms with Crippen LogP contribution in [-0.2, 0) is 22.3 Å². The third-order valence-electron chi connectivity index (χ3n) is 4.16. The van der Waals surface area contributed by atoms with Crippen LogP contribution in [0, 0.1) is 16.7 Å². The average Bonchev–Trinajstić information content (AvgIpc) is 2.86. The zero-order chi connectivity index (χ0) is 17.7. The van der Waals surface area contributed by atoms with Crippen molar-refractivity contribution in [1.82, 2.24) is 0 Å². The largest absolute Gasteiger partial charge is 0.462 e. The summed E-state index contributed by atoms with van der Waals surface area (Å²) in [6.45, 7) is 1.49. The fourth-order valence-corrected chi connectivity index (χ4v) is 4.18. The van der Waals surface area contributed by atoms with Crippen LogP contribution >= 0.6 is 11.3 Å². The van der Waals surface area contributed by atoms with E-state index in [9.17, 15) is 18.8 Å². The summed E-state index contributed by atoms with van der Waals surface area (Å²) in [6.07, 6.45) is -0.602. The molecule has 1 aliphatic rings. The SMILES string of the molecule is CCOC(=O)c1c(N)sc2c1CCC(C#N)(CCOCC(F)F)C2. The number of nitriles is 1. The van der Waals surface area contributed by atoms with Crippen LogP contribution in [-0.4, -0.2) is 32.2 Å². The van der Waals surface area contributed by atoms with E-state index in [4.69, 9.17) is 15.2 Å². The Morgan fingerprint density at radius 3 is 2.92 bits per heavy atom. The monoisotopic (exact) mass is 358 g/mol. The molecule has 1 heterocycles. The van der Waals surface area contributed by atoms with E-state index in [0.29, 0.717) is 36.2 Å². The molecule has 1 aromatic heterocycles. The number of fused-ring (bicyclic) bond motifs is 1. The van der Waals surface area contributed by atoms with Crippen molar-refractivity contribution in [1.29, 1.82) is 5.26 Å². The fourth-order valence-electron chi connectivity index (χ4n) is 2.93. The van der Waals surface area contributed by atoms with Gasteiger partial charge in [-0.25, -0.2) is 13.6 Å². The number of halogens is 2. The summed E-state index contributed by atoms with van der Waals surface area (Å²) in [6, 6.07) is 2.31. The normalized spacial score (nSPS) is 19.8. The topological polar surface area (TPSA) is 85.3 Å². The molecule has 2 N–H and O–H groups in total. The van der Waals surface area contributed by atoms with Gasteiger partial charge in [0.1, 0.15) is 11.6 Å². The van der Waals surface area contributed by atoms with Gasteiger partial charge in [-0.1, -0.05) is 0 Å². The van der Waals surface area contributed by atoms with E-state index >= 15 is 0 Å². The quantitative estimate of drug-likeness (QED) is 0.598. The van der Waals surface area contributed by atoms with Crippen LogP contribution in [0.15, 0.2) is 0 Å². The van der Waals surface area contributed by atoms with Crippen LogP contribution in [0.4, 0.5) is 13.8 Å². The highest BCUT2D eigenvalue weighted by Gasteiger charge is 2.38. The van der Waals surface area contributed by atoms with Crippen LogP contribution in [0.5, 0.6) is 0 Å². The van der Waals surface area contributed by atoms with Gasteiger partial charge in [0.05, 0.1) is 23.7 Å². The Labute approximate surface area is 143 Å². The van der Waals surface area contributed by atoms with Crippen molar-refractivity contribution in [3.8, 4) is 6.07 Å². The summed E-state index contributed by atoms with van der Waals surface area (Å²) in [5, 5.41) is 9.98. The lowest BCUT2D eigenvalue weighted by molar-refractivity contribution is 0.00866. The van der Waals surface area contributed by atoms with Gasteiger partial charge >= 0.3 is 5.97 Å². The standard InChI is InChI=1S/C16H20F2N2O3S/c1-2-23-15(21)13-10-3-4-16(9-19,5-6-22-8-12(17)18)7-11(10)24-14(13)20/h12H,2-8,20H2,1H3. The molecule has 1 aromatic rings. The summed E-state index contributed by atoms with van der Waals surface area (Å²) in [4.78, 5) is 13.0. The first kappa shape index (κ1) is 18.6. The molecule has 0 amide bonds. The third-order valence-corrected chi connectivity index (χ3v) is 5.22. The molecule has 0 spiro atoms. The van der Waals surface area contributed by atoms with Gasteiger partial charge in [-0.3, -0.25) is 0 Å². The van der Waals surface area contributed by atoms with E-state index < -0.39 is 24.4 Å². The molecule has 0 bridgehead atoms. The summed E-state index contributed by atoms with van der Waals surface area (Å²) >= 11 is 1.30. The summed E-state index contributed by atoms with van der Waals surface area (Å²) in [5.74, 6) is -0.433. The lowest BCUT2D eigenvalue weighted by Gasteiger charge is -2.30. The Bertz CT molecular complexity index is 642. The molecule has 0 saturated carbocycles. The molecular weight excluding hydrogens is 338 g/mol. The molecule has 2 rings (SSSR count). The Morgan fingerprint density at radius 1 is 1.54 bits per heavy atom. The van der Waals surface area contributed by atoms with E-state index in [0.717, 1.165) is 10.4 Å². The predicted octanol–water partition coefficient (Wildman–Crippen LogP) is 3.18. The number of nitrogens with zero attached hydrogens (tertiary/aromatic N) is 1. The maximum Gasteiger partial charge on any atom is 0.341 e. The molecule has 0 aliphatic heterocycles. The van der Waals surface area contributed by atoms with E-state index in [-0.39, 0.29) is 13.2 Å². The first-order chi connectivity index (χ1) is 11.4. The second kappa shape index (κ2) is 7.90. The van der Waals surface area contributed by atoms with Gasteiger partial charge < -0.3 is 15.2 Å². The Morgan fingerprint density at radius 2 is 2.29 bits per heavy atom. The van der Waals surface area contributed by atoms with Crippen molar-refractivity contribution in [3.63, 3.8) is 0 Å². The molecule has 1 unspecified atom stereocenters. The number of ether oxygens (including phenoxy) is 2. The number of alkyl halides is 2. The molecule has 1 atom stereocenters. The maximum atomic E-state index is 12.1. The fraction of sp³-hybridized carbons (Fsp3) is 0.625. The second-order valence-electron chi connectivity index (χ2n) is 5.75. The summed E-state index contributed by atoms with van der Waals surface area (Å²) in [5.41, 5.74) is 6.57. The van der Waals surface area contributed by atoms with Crippen molar-refractivity contribution < 1.29 is 23.0 Å². The highest BCUT2D eigenvalue weighted by Crippen LogP contribution is 2.44. The number of nitrogen functional groups attached to an aromatic ring is 1. The van der Waals surface area contributed by atoms with Gasteiger partial charge in [-0.2, -0.15) is 5.26 Å². The van der Waals surface area contributed by atoms with E-state index in [1.807, 2.05) is 0 Å². The van der Waals surface area contributed by atoms with Crippen molar-refractivity contribution in [2.45, 2.75) is 39.0 Å². The van der Waals surface area contributed by atoms with E-state index in [2.05, 4.69) is 6.07 Å². The number of hydrogen-bond donors (Lipinski definition) is 1. The molecule has 24 heavy (non-hydrogen) atoms. The van der Waals surface area contributed by atoms with Crippen LogP contribution in [0.25, 0.3) is 0 Å². The number of nitrogens with two attached hydrogens (primary N) is 1. The van der Waals surface area contributed by atoms with Gasteiger partial charge in [0.15, 0.2) is 0 Å². The first-order valence-electron chi connectivity index (χ1n) is 7.76. The van der Waals surface area contributed by atoms with E-state index in [1.165, 1.54) is 11.3 Å². The molecule has 0 radical (unpaired) electrons. The van der Waals surface area contributed by atoms with Crippen LogP contribution in [0.1, 0.15) is 40.6 Å². The summed E-state index contributed by atoms with van der Waals surface area (Å²) in [7, 11) is 0. The zero-order valence-corrected chi connectivity index (χ0v) is 14.3. The molecule has 8 heteroatoms. The average molecular weight is 358 g/mol. The highest BCUT2D eigenvalue weighted by atomic mass is 32.1. The number of esters is 1. The Hall–Kier alpha value is -1.72. The molecule has 0 aromatic carbocycles. The second-order valence-corrected chi connectivity index (χ2v) is 6.89. The molecule has 5 nitrogen and oxygen atoms in total. The van der Waals surface area contributed by atoms with Gasteiger partial charge in [0.25, 0.3) is 6.43 Å². The molecule has 1 aliphatic carbocycles. The minimum absolute atomic E-state index is 0.110. The number of rotatable bonds is 7. The van der Waals surface area contributed by atoms with Crippen molar-refractivity contribution in [3.05, 3.63) is 16.0 Å². The Balaban J connectivity index is 2.11. The minimum Gasteiger partial charge on any atom is -0.462 e. The van der Waals surface area contributed by atoms with Crippen molar-refractivity contribution in [2.75, 3.05) is 25.6 Å². The van der Waals surface area contributed by atoms with Crippen molar-refractivity contribution >= 4 is 22.3 Å². The number of anilines is 1. The van der Waals surface area contributed by atoms with Crippen LogP contribution in [0.2, 0.25) is 0 Å².